The highest BCUT2D eigenvalue weighted by atomic mass is 16.8. The summed E-state index contributed by atoms with van der Waals surface area (Å²) in [6, 6.07) is 24.2. The van der Waals surface area contributed by atoms with E-state index < -0.39 is 30.1 Å². The first kappa shape index (κ1) is 46.8. The van der Waals surface area contributed by atoms with Gasteiger partial charge in [-0.2, -0.15) is 0 Å². The largest absolute Gasteiger partial charge is 0.496 e. The van der Waals surface area contributed by atoms with Gasteiger partial charge in [0.1, 0.15) is 29.0 Å². The third-order valence-corrected chi connectivity index (χ3v) is 13.6. The Bertz CT molecular complexity index is 2390. The van der Waals surface area contributed by atoms with Gasteiger partial charge in [0.2, 0.25) is 12.1 Å². The van der Waals surface area contributed by atoms with Gasteiger partial charge in [0, 0.05) is 37.5 Å². The molecule has 66 heavy (non-hydrogen) atoms. The fraction of sp³-hybridized carbons (Fsp3) is 0.453. The van der Waals surface area contributed by atoms with Crippen molar-refractivity contribution >= 4 is 28.9 Å². The van der Waals surface area contributed by atoms with Crippen LogP contribution >= 0.6 is 0 Å². The van der Waals surface area contributed by atoms with Crippen LogP contribution < -0.4 is 14.2 Å². The van der Waals surface area contributed by atoms with Crippen molar-refractivity contribution in [1.82, 2.24) is 4.90 Å². The van der Waals surface area contributed by atoms with Crippen LogP contribution in [0.15, 0.2) is 108 Å². The second-order valence-electron chi connectivity index (χ2n) is 17.5. The number of aliphatic hydroxyl groups excluding tert-OH is 2. The predicted octanol–water partition coefficient (Wildman–Crippen LogP) is 9.88. The van der Waals surface area contributed by atoms with Gasteiger partial charge >= 0.3 is 6.09 Å². The third kappa shape index (κ3) is 9.71. The van der Waals surface area contributed by atoms with E-state index in [4.69, 9.17) is 38.4 Å². The molecule has 2 heterocycles. The van der Waals surface area contributed by atoms with E-state index in [9.17, 15) is 19.8 Å². The van der Waals surface area contributed by atoms with Crippen molar-refractivity contribution < 1.29 is 53.1 Å². The molecule has 0 spiro atoms. The van der Waals surface area contributed by atoms with E-state index in [1.54, 1.807) is 29.2 Å². The van der Waals surface area contributed by atoms with Crippen LogP contribution in [0.2, 0.25) is 0 Å². The summed E-state index contributed by atoms with van der Waals surface area (Å²) in [6.07, 6.45) is 10.9. The molecule has 2 aliphatic carbocycles. The molecule has 1 unspecified atom stereocenters. The summed E-state index contributed by atoms with van der Waals surface area (Å²) >= 11 is 0. The Morgan fingerprint density at radius 1 is 0.955 bits per heavy atom. The van der Waals surface area contributed by atoms with Gasteiger partial charge in [-0.15, -0.1) is 6.58 Å². The highest BCUT2D eigenvalue weighted by Gasteiger charge is 2.65. The highest BCUT2D eigenvalue weighted by Crippen LogP contribution is 2.62. The maximum absolute atomic E-state index is 14.6. The summed E-state index contributed by atoms with van der Waals surface area (Å²) in [5, 5.41) is 27.0. The first-order valence-corrected chi connectivity index (χ1v) is 23.3. The van der Waals surface area contributed by atoms with Gasteiger partial charge in [0.05, 0.1) is 51.2 Å². The van der Waals surface area contributed by atoms with Gasteiger partial charge in [-0.05, 0) is 109 Å². The SMILES string of the molecule is C=CCO[C@@]12Oc3ccc(Oc4ccc(OC)c(C=O)c4)cc3[C@H]3[C@H](CCCCO)[C@@H](CCCCO)C=C(C(=NOC4CCCCO4)C[C@@H]1N(Cc1cccc4ccccc14)C(=O)OC)[C@H]32. The minimum atomic E-state index is -1.50. The first-order chi connectivity index (χ1) is 32.4. The molecule has 0 radical (unpaired) electrons. The Kier molecular flexibility index (Phi) is 15.4. The lowest BCUT2D eigenvalue weighted by Crippen LogP contribution is -2.70. The van der Waals surface area contributed by atoms with Crippen LogP contribution in [0, 0.1) is 17.8 Å². The number of carbonyl (C=O) groups is 2. The van der Waals surface area contributed by atoms with E-state index in [0.717, 1.165) is 72.3 Å². The molecule has 2 fully saturated rings. The summed E-state index contributed by atoms with van der Waals surface area (Å²) < 4.78 is 38.2. The van der Waals surface area contributed by atoms with Crippen LogP contribution in [0.1, 0.15) is 91.6 Å². The maximum atomic E-state index is 14.6. The summed E-state index contributed by atoms with van der Waals surface area (Å²) in [5.74, 6) is -0.325. The average molecular weight is 903 g/mol. The molecule has 0 aromatic heterocycles. The van der Waals surface area contributed by atoms with E-state index in [1.807, 2.05) is 42.5 Å². The number of oxime groups is 1. The number of hydrogen-bond donors (Lipinski definition) is 2. The van der Waals surface area contributed by atoms with Crippen molar-refractivity contribution in [1.29, 1.82) is 0 Å². The van der Waals surface area contributed by atoms with Gasteiger partial charge in [-0.3, -0.25) is 9.69 Å². The van der Waals surface area contributed by atoms with E-state index in [0.29, 0.717) is 60.1 Å². The highest BCUT2D eigenvalue weighted by molar-refractivity contribution is 6.03. The van der Waals surface area contributed by atoms with E-state index in [-0.39, 0.29) is 50.5 Å². The Balaban J connectivity index is 1.34. The number of unbranched alkanes of at least 4 members (excludes halogenated alkanes) is 2. The number of amides is 1. The molecule has 8 rings (SSSR count). The van der Waals surface area contributed by atoms with Gasteiger partial charge in [-0.25, -0.2) is 4.79 Å². The summed E-state index contributed by atoms with van der Waals surface area (Å²) in [6.45, 7) is 5.07. The molecule has 7 atom stereocenters. The molecule has 0 bridgehead atoms. The lowest BCUT2D eigenvalue weighted by Gasteiger charge is -2.59. The molecule has 13 heteroatoms. The molecule has 1 amide bonds. The number of methoxy groups -OCH3 is 2. The molecule has 4 aromatic carbocycles. The maximum Gasteiger partial charge on any atom is 0.410 e. The molecule has 350 valence electrons. The quantitative estimate of drug-likeness (QED) is 0.0377. The number of nitrogens with zero attached hydrogens (tertiary/aromatic N) is 2. The normalized spacial score (nSPS) is 24.8. The van der Waals surface area contributed by atoms with Crippen molar-refractivity contribution in [3.8, 4) is 23.0 Å². The van der Waals surface area contributed by atoms with Crippen molar-refractivity contribution in [3.63, 3.8) is 0 Å². The lowest BCUT2D eigenvalue weighted by molar-refractivity contribution is -0.256. The molecule has 13 nitrogen and oxygen atoms in total. The first-order valence-electron chi connectivity index (χ1n) is 23.3. The minimum absolute atomic E-state index is 0.0107. The fourth-order valence-corrected chi connectivity index (χ4v) is 10.7. The third-order valence-electron chi connectivity index (χ3n) is 13.6. The monoisotopic (exact) mass is 902 g/mol. The second-order valence-corrected chi connectivity index (χ2v) is 17.5. The molecule has 4 aromatic rings. The molecule has 2 N–H and O–H groups in total. The zero-order valence-electron chi connectivity index (χ0n) is 38.0. The summed E-state index contributed by atoms with van der Waals surface area (Å²) in [5.41, 5.74) is 3.73. The van der Waals surface area contributed by atoms with Gasteiger partial charge in [-0.1, -0.05) is 72.6 Å². The number of benzene rings is 4. The smallest absolute Gasteiger partial charge is 0.410 e. The number of carbonyl (C=O) groups excluding carboxylic acids is 2. The number of allylic oxidation sites excluding steroid dienone is 1. The van der Waals surface area contributed by atoms with Gasteiger partial charge in [0.15, 0.2) is 6.29 Å². The van der Waals surface area contributed by atoms with Gasteiger partial charge < -0.3 is 43.5 Å². The Morgan fingerprint density at radius 2 is 1.74 bits per heavy atom. The van der Waals surface area contributed by atoms with Crippen LogP contribution in [-0.2, 0) is 25.6 Å². The number of fused-ring (bicyclic) bond motifs is 3. The van der Waals surface area contributed by atoms with E-state index in [2.05, 4.69) is 30.9 Å². The standard InChI is InChI=1S/C53H62N2O11/c1-4-27-63-53-48(55(52(59)61-3)33-37-17-13-16-35-14-5-6-18-41(35)37)32-45(54-66-49-20-9-12-28-62-49)43-30-36(15-7-10-25-56)42(19-8-11-26-57)50(51(43)53)44-31-40(22-24-47(44)65-53)64-39-21-23-46(60-2)38(29-39)34-58/h4-6,13-14,16-18,21-24,29-31,34,36,42,48-51,56-57H,1,7-12,15,19-20,25-28,32-33H2,2-3H3/t36-,42+,48-,49?,50+,51+,53+/m0/s1. The predicted molar refractivity (Wildman–Crippen MR) is 250 cm³/mol. The molecule has 1 saturated carbocycles. The lowest BCUT2D eigenvalue weighted by atomic mass is 9.55. The Morgan fingerprint density at radius 3 is 2.50 bits per heavy atom. The van der Waals surface area contributed by atoms with Crippen molar-refractivity contribution in [2.24, 2.45) is 22.9 Å². The number of hydrogen-bond acceptors (Lipinski definition) is 12. The van der Waals surface area contributed by atoms with E-state index >= 15 is 0 Å². The van der Waals surface area contributed by atoms with Crippen LogP contribution in [0.25, 0.3) is 10.8 Å². The molecule has 2 aliphatic heterocycles. The molecule has 4 aliphatic rings. The second kappa shape index (κ2) is 21.7. The minimum Gasteiger partial charge on any atom is -0.496 e. The topological polar surface area (TPSA) is 155 Å². The molecule has 1 saturated heterocycles. The number of aliphatic hydroxyl groups is 2. The Labute approximate surface area is 386 Å². The molecular weight excluding hydrogens is 841 g/mol. The van der Waals surface area contributed by atoms with Crippen LogP contribution in [0.4, 0.5) is 4.79 Å². The number of aldehydes is 1. The average Bonchev–Trinajstić information content (AvgIpc) is 3.35. The number of rotatable bonds is 20. The number of ether oxygens (including phenoxy) is 6. The van der Waals surface area contributed by atoms with Crippen molar-refractivity contribution in [2.75, 3.05) is 40.6 Å². The summed E-state index contributed by atoms with van der Waals surface area (Å²) in [7, 11) is 2.90. The van der Waals surface area contributed by atoms with Gasteiger partial charge in [0.25, 0.3) is 0 Å². The zero-order valence-corrected chi connectivity index (χ0v) is 38.0. The van der Waals surface area contributed by atoms with Crippen molar-refractivity contribution in [3.05, 3.63) is 120 Å². The Hall–Kier alpha value is -5.73. The summed E-state index contributed by atoms with van der Waals surface area (Å²) in [4.78, 5) is 34.6. The van der Waals surface area contributed by atoms with Crippen LogP contribution in [-0.4, -0.2) is 92.0 Å². The van der Waals surface area contributed by atoms with Crippen molar-refractivity contribution in [2.45, 2.75) is 94.8 Å². The zero-order chi connectivity index (χ0) is 46.0. The van der Waals surface area contributed by atoms with Crippen LogP contribution in [0.3, 0.4) is 0 Å². The van der Waals surface area contributed by atoms with E-state index in [1.165, 1.54) is 14.2 Å². The fourth-order valence-electron chi connectivity index (χ4n) is 10.7. The molecular formula is C53H62N2O11. The van der Waals surface area contributed by atoms with Crippen LogP contribution in [0.5, 0.6) is 23.0 Å².